The number of amides is 1. The molecule has 3 N–H and O–H groups in total. The van der Waals surface area contributed by atoms with Gasteiger partial charge in [-0.25, -0.2) is 0 Å². The van der Waals surface area contributed by atoms with Crippen LogP contribution in [-0.4, -0.2) is 11.9 Å². The molecule has 0 aliphatic heterocycles. The Bertz CT molecular complexity index is 489. The van der Waals surface area contributed by atoms with E-state index in [4.69, 9.17) is 17.3 Å². The first-order valence-electron chi connectivity index (χ1n) is 6.49. The molecular weight excluding hydrogens is 248 g/mol. The average Bonchev–Trinajstić information content (AvgIpc) is 2.93. The Labute approximate surface area is 112 Å². The van der Waals surface area contributed by atoms with Crippen LogP contribution in [0.25, 0.3) is 0 Å². The lowest BCUT2D eigenvalue weighted by molar-refractivity contribution is 0.100. The van der Waals surface area contributed by atoms with Gasteiger partial charge in [0.1, 0.15) is 0 Å². The van der Waals surface area contributed by atoms with E-state index in [1.54, 1.807) is 12.1 Å². The molecule has 2 aliphatic rings. The Morgan fingerprint density at radius 3 is 2.78 bits per heavy atom. The van der Waals surface area contributed by atoms with Crippen molar-refractivity contribution in [2.75, 3.05) is 5.32 Å². The fourth-order valence-corrected chi connectivity index (χ4v) is 3.65. The zero-order valence-electron chi connectivity index (χ0n) is 10.2. The van der Waals surface area contributed by atoms with Crippen molar-refractivity contribution in [3.63, 3.8) is 0 Å². The molecule has 2 fully saturated rings. The minimum absolute atomic E-state index is 0.393. The fraction of sp³-hybridized carbons (Fsp3) is 0.500. The van der Waals surface area contributed by atoms with E-state index in [0.717, 1.165) is 17.5 Å². The second kappa shape index (κ2) is 4.47. The molecule has 2 saturated carbocycles. The van der Waals surface area contributed by atoms with Crippen molar-refractivity contribution in [3.8, 4) is 0 Å². The maximum absolute atomic E-state index is 11.2. The summed E-state index contributed by atoms with van der Waals surface area (Å²) < 4.78 is 0. The zero-order chi connectivity index (χ0) is 12.7. The van der Waals surface area contributed by atoms with Gasteiger partial charge in [0.2, 0.25) is 5.91 Å². The van der Waals surface area contributed by atoms with Crippen molar-refractivity contribution in [1.82, 2.24) is 0 Å². The van der Waals surface area contributed by atoms with Crippen LogP contribution in [0.4, 0.5) is 5.69 Å². The molecular formula is C14H17ClN2O. The van der Waals surface area contributed by atoms with Crippen molar-refractivity contribution in [2.24, 2.45) is 17.6 Å². The summed E-state index contributed by atoms with van der Waals surface area (Å²) in [7, 11) is 0. The summed E-state index contributed by atoms with van der Waals surface area (Å²) in [6.45, 7) is 0. The van der Waals surface area contributed by atoms with Crippen molar-refractivity contribution < 1.29 is 4.79 Å². The van der Waals surface area contributed by atoms with E-state index in [-0.39, 0.29) is 0 Å². The summed E-state index contributed by atoms with van der Waals surface area (Å²) in [5.41, 5.74) is 6.64. The lowest BCUT2D eigenvalue weighted by Crippen LogP contribution is -2.26. The number of fused-ring (bicyclic) bond motifs is 2. The highest BCUT2D eigenvalue weighted by Gasteiger charge is 2.39. The highest BCUT2D eigenvalue weighted by molar-refractivity contribution is 6.33. The number of primary amides is 1. The average molecular weight is 265 g/mol. The van der Waals surface area contributed by atoms with Gasteiger partial charge in [-0.3, -0.25) is 4.79 Å². The zero-order valence-corrected chi connectivity index (χ0v) is 10.9. The molecule has 3 atom stereocenters. The summed E-state index contributed by atoms with van der Waals surface area (Å²) in [6.07, 6.45) is 5.32. The third-order valence-corrected chi connectivity index (χ3v) is 4.65. The van der Waals surface area contributed by atoms with E-state index in [1.807, 2.05) is 6.07 Å². The Morgan fingerprint density at radius 2 is 2.17 bits per heavy atom. The quantitative estimate of drug-likeness (QED) is 0.882. The van der Waals surface area contributed by atoms with Crippen LogP contribution in [0.15, 0.2) is 18.2 Å². The van der Waals surface area contributed by atoms with Crippen LogP contribution < -0.4 is 11.1 Å². The number of halogens is 1. The van der Waals surface area contributed by atoms with Gasteiger partial charge < -0.3 is 11.1 Å². The van der Waals surface area contributed by atoms with E-state index in [2.05, 4.69) is 5.32 Å². The molecule has 3 rings (SSSR count). The molecule has 4 heteroatoms. The van der Waals surface area contributed by atoms with Crippen molar-refractivity contribution in [1.29, 1.82) is 0 Å². The molecule has 96 valence electrons. The van der Waals surface area contributed by atoms with Gasteiger partial charge in [-0.1, -0.05) is 18.0 Å². The fourth-order valence-electron chi connectivity index (χ4n) is 3.44. The van der Waals surface area contributed by atoms with Crippen LogP contribution in [0, 0.1) is 11.8 Å². The van der Waals surface area contributed by atoms with Gasteiger partial charge in [0.15, 0.2) is 0 Å². The predicted molar refractivity (Wildman–Crippen MR) is 72.8 cm³/mol. The third kappa shape index (κ3) is 2.07. The second-order valence-electron chi connectivity index (χ2n) is 5.48. The molecule has 3 nitrogen and oxygen atoms in total. The number of hydrogen-bond donors (Lipinski definition) is 2. The maximum Gasteiger partial charge on any atom is 0.250 e. The molecule has 0 saturated heterocycles. The predicted octanol–water partition coefficient (Wildman–Crippen LogP) is 3.04. The van der Waals surface area contributed by atoms with Crippen LogP contribution >= 0.6 is 11.6 Å². The van der Waals surface area contributed by atoms with Crippen LogP contribution in [0.2, 0.25) is 5.02 Å². The minimum atomic E-state index is -0.475. The minimum Gasteiger partial charge on any atom is -0.382 e. The molecule has 1 aromatic rings. The van der Waals surface area contributed by atoms with Crippen LogP contribution in [0.5, 0.6) is 0 Å². The first-order chi connectivity index (χ1) is 8.63. The third-order valence-electron chi connectivity index (χ3n) is 4.32. The monoisotopic (exact) mass is 264 g/mol. The SMILES string of the molecule is NC(=O)c1cc(NC2CC3CCC2C3)ccc1Cl. The van der Waals surface area contributed by atoms with E-state index >= 15 is 0 Å². The molecule has 0 heterocycles. The highest BCUT2D eigenvalue weighted by Crippen LogP contribution is 2.45. The number of benzene rings is 1. The summed E-state index contributed by atoms with van der Waals surface area (Å²) >= 11 is 5.94. The first-order valence-corrected chi connectivity index (χ1v) is 6.87. The van der Waals surface area contributed by atoms with Gasteiger partial charge in [0.05, 0.1) is 10.6 Å². The van der Waals surface area contributed by atoms with Crippen LogP contribution in [0.1, 0.15) is 36.0 Å². The van der Waals surface area contributed by atoms with Crippen molar-refractivity contribution in [2.45, 2.75) is 31.7 Å². The standard InChI is InChI=1S/C14H17ClN2O/c15-12-4-3-10(7-11(12)14(16)18)17-13-6-8-1-2-9(13)5-8/h3-4,7-9,13,17H,1-2,5-6H2,(H2,16,18). The highest BCUT2D eigenvalue weighted by atomic mass is 35.5. The van der Waals surface area contributed by atoms with Crippen molar-refractivity contribution in [3.05, 3.63) is 28.8 Å². The van der Waals surface area contributed by atoms with Gasteiger partial charge >= 0.3 is 0 Å². The number of carbonyl (C=O) groups is 1. The summed E-state index contributed by atoms with van der Waals surface area (Å²) in [4.78, 5) is 11.2. The Morgan fingerprint density at radius 1 is 1.33 bits per heavy atom. The normalized spacial score (nSPS) is 29.5. The lowest BCUT2D eigenvalue weighted by atomic mass is 9.95. The first kappa shape index (κ1) is 11.8. The van der Waals surface area contributed by atoms with E-state index < -0.39 is 5.91 Å². The smallest absolute Gasteiger partial charge is 0.250 e. The number of anilines is 1. The molecule has 3 unspecified atom stereocenters. The molecule has 0 radical (unpaired) electrons. The van der Waals surface area contributed by atoms with Gasteiger partial charge in [0.25, 0.3) is 0 Å². The molecule has 2 bridgehead atoms. The van der Waals surface area contributed by atoms with Crippen LogP contribution in [0.3, 0.4) is 0 Å². The van der Waals surface area contributed by atoms with E-state index in [0.29, 0.717) is 16.6 Å². The number of hydrogen-bond acceptors (Lipinski definition) is 2. The topological polar surface area (TPSA) is 55.1 Å². The van der Waals surface area contributed by atoms with Gasteiger partial charge in [-0.05, 0) is 49.3 Å². The Kier molecular flexibility index (Phi) is 2.94. The van der Waals surface area contributed by atoms with Crippen molar-refractivity contribution >= 4 is 23.2 Å². The molecule has 18 heavy (non-hydrogen) atoms. The summed E-state index contributed by atoms with van der Waals surface area (Å²) in [5.74, 6) is 1.22. The molecule has 1 aromatic carbocycles. The largest absolute Gasteiger partial charge is 0.382 e. The molecule has 0 aromatic heterocycles. The van der Waals surface area contributed by atoms with Gasteiger partial charge in [-0.2, -0.15) is 0 Å². The van der Waals surface area contributed by atoms with Crippen LogP contribution in [-0.2, 0) is 0 Å². The van der Waals surface area contributed by atoms with E-state index in [1.165, 1.54) is 25.7 Å². The number of carbonyl (C=O) groups excluding carboxylic acids is 1. The second-order valence-corrected chi connectivity index (χ2v) is 5.89. The number of nitrogens with one attached hydrogen (secondary N) is 1. The molecule has 1 amide bonds. The lowest BCUT2D eigenvalue weighted by Gasteiger charge is -2.24. The van der Waals surface area contributed by atoms with Gasteiger partial charge in [0, 0.05) is 11.7 Å². The Balaban J connectivity index is 1.77. The number of rotatable bonds is 3. The Hall–Kier alpha value is -1.22. The maximum atomic E-state index is 11.2. The summed E-state index contributed by atoms with van der Waals surface area (Å²) in [5, 5.41) is 3.95. The molecule has 2 aliphatic carbocycles. The van der Waals surface area contributed by atoms with Gasteiger partial charge in [-0.15, -0.1) is 0 Å². The summed E-state index contributed by atoms with van der Waals surface area (Å²) in [6, 6.07) is 5.96. The molecule has 0 spiro atoms. The number of nitrogens with two attached hydrogens (primary N) is 1. The van der Waals surface area contributed by atoms with E-state index in [9.17, 15) is 4.79 Å².